The number of nitrogens with one attached hydrogen (secondary N) is 1. The van der Waals surface area contributed by atoms with E-state index in [1.165, 1.54) is 25.2 Å². The molecule has 1 aromatic heterocycles. The maximum atomic E-state index is 12.2. The van der Waals surface area contributed by atoms with Crippen molar-refractivity contribution in [3.05, 3.63) is 28.4 Å². The maximum Gasteiger partial charge on any atom is 0.281 e. The van der Waals surface area contributed by atoms with Gasteiger partial charge in [0.05, 0.1) is 23.0 Å². The minimum absolute atomic E-state index is 0.0970. The van der Waals surface area contributed by atoms with E-state index >= 15 is 0 Å². The summed E-state index contributed by atoms with van der Waals surface area (Å²) < 4.78 is 28.0. The van der Waals surface area contributed by atoms with Crippen molar-refractivity contribution in [1.82, 2.24) is 15.0 Å². The van der Waals surface area contributed by atoms with Gasteiger partial charge in [0.1, 0.15) is 0 Å². The molecule has 0 bridgehead atoms. The summed E-state index contributed by atoms with van der Waals surface area (Å²) in [5, 5.41) is 15.8. The highest BCUT2D eigenvalue weighted by Crippen LogP contribution is 2.25. The third kappa shape index (κ3) is 2.59. The molecule has 1 heterocycles. The molecule has 0 aliphatic rings. The molecule has 8 nitrogen and oxygen atoms in total. The molecule has 0 fully saturated rings. The van der Waals surface area contributed by atoms with E-state index < -0.39 is 10.0 Å². The molecule has 0 unspecified atom stereocenters. The van der Waals surface area contributed by atoms with Crippen molar-refractivity contribution in [2.45, 2.75) is 5.03 Å². The Kier molecular flexibility index (Phi) is 3.65. The molecule has 0 saturated heterocycles. The fraction of sp³-hybridized carbons (Fsp3) is 0.100. The van der Waals surface area contributed by atoms with Gasteiger partial charge in [-0.1, -0.05) is 5.21 Å². The molecule has 0 radical (unpaired) electrons. The van der Waals surface area contributed by atoms with Crippen LogP contribution < -0.4 is 10.5 Å². The summed E-state index contributed by atoms with van der Waals surface area (Å²) in [6.07, 6.45) is 0. The molecule has 0 amide bonds. The number of nitrogens with two attached hydrogens (primary N) is 1. The molecule has 0 atom stereocenters. The lowest BCUT2D eigenvalue weighted by Crippen LogP contribution is -2.18. The highest BCUT2D eigenvalue weighted by molar-refractivity contribution is 9.10. The number of aryl methyl sites for hydroxylation is 1. The van der Waals surface area contributed by atoms with Crippen LogP contribution in [0.1, 0.15) is 5.56 Å². The summed E-state index contributed by atoms with van der Waals surface area (Å²) in [6, 6.07) is 6.18. The number of nitriles is 1. The second-order valence-corrected chi connectivity index (χ2v) is 6.18. The number of benzene rings is 1. The van der Waals surface area contributed by atoms with Gasteiger partial charge in [-0.25, -0.2) is 4.68 Å². The lowest BCUT2D eigenvalue weighted by atomic mass is 10.2. The van der Waals surface area contributed by atoms with Crippen LogP contribution in [0.2, 0.25) is 0 Å². The summed E-state index contributed by atoms with van der Waals surface area (Å²) >= 11 is 3.02. The number of hydrogen-bond acceptors (Lipinski definition) is 6. The summed E-state index contributed by atoms with van der Waals surface area (Å²) in [5.41, 5.74) is 6.38. The standard InChI is InChI=1S/C10H9BrN6O2S/c1-17-10(9(11)14-16-17)20(18,19)15-8-3-2-6(5-12)4-7(8)13/h2-4,15H,13H2,1H3. The van der Waals surface area contributed by atoms with Crippen LogP contribution in [0.5, 0.6) is 0 Å². The second-order valence-electron chi connectivity index (χ2n) is 3.83. The number of hydrogen-bond donors (Lipinski definition) is 2. The van der Waals surface area contributed by atoms with Gasteiger partial charge in [-0.05, 0) is 34.1 Å². The highest BCUT2D eigenvalue weighted by atomic mass is 79.9. The number of nitrogens with zero attached hydrogens (tertiary/aromatic N) is 4. The zero-order valence-corrected chi connectivity index (χ0v) is 12.6. The van der Waals surface area contributed by atoms with Crippen LogP contribution in [0.4, 0.5) is 11.4 Å². The van der Waals surface area contributed by atoms with Gasteiger partial charge in [0, 0.05) is 7.05 Å². The van der Waals surface area contributed by atoms with Crippen LogP contribution in [0, 0.1) is 11.3 Å². The van der Waals surface area contributed by atoms with Gasteiger partial charge in [-0.2, -0.15) is 13.7 Å². The third-order valence-corrected chi connectivity index (χ3v) is 4.67. The van der Waals surface area contributed by atoms with E-state index in [2.05, 4.69) is 31.0 Å². The van der Waals surface area contributed by atoms with Crippen LogP contribution in [-0.2, 0) is 17.1 Å². The molecule has 10 heteroatoms. The van der Waals surface area contributed by atoms with Crippen LogP contribution in [0.25, 0.3) is 0 Å². The SMILES string of the molecule is Cn1nnc(Br)c1S(=O)(=O)Nc1ccc(C#N)cc1N. The Balaban J connectivity index is 2.42. The first-order valence-electron chi connectivity index (χ1n) is 5.23. The van der Waals surface area contributed by atoms with E-state index in [1.807, 2.05) is 6.07 Å². The van der Waals surface area contributed by atoms with Crippen molar-refractivity contribution in [3.63, 3.8) is 0 Å². The van der Waals surface area contributed by atoms with E-state index in [9.17, 15) is 8.42 Å². The van der Waals surface area contributed by atoms with Crippen molar-refractivity contribution in [2.24, 2.45) is 7.05 Å². The second kappa shape index (κ2) is 5.10. The fourth-order valence-electron chi connectivity index (χ4n) is 1.53. The smallest absolute Gasteiger partial charge is 0.281 e. The Morgan fingerprint density at radius 3 is 2.70 bits per heavy atom. The normalized spacial score (nSPS) is 11.1. The van der Waals surface area contributed by atoms with Crippen molar-refractivity contribution in [2.75, 3.05) is 10.5 Å². The Bertz CT molecular complexity index is 788. The van der Waals surface area contributed by atoms with Gasteiger partial charge in [-0.3, -0.25) is 4.72 Å². The number of rotatable bonds is 3. The van der Waals surface area contributed by atoms with Crippen LogP contribution in [0.3, 0.4) is 0 Å². The van der Waals surface area contributed by atoms with Gasteiger partial charge in [0.2, 0.25) is 5.03 Å². The average Bonchev–Trinajstić information content (AvgIpc) is 2.72. The number of sulfonamides is 1. The van der Waals surface area contributed by atoms with Crippen LogP contribution in [0.15, 0.2) is 27.8 Å². The molecule has 2 aromatic rings. The van der Waals surface area contributed by atoms with Crippen molar-refractivity contribution in [1.29, 1.82) is 5.26 Å². The number of halogens is 1. The van der Waals surface area contributed by atoms with Gasteiger partial charge in [0.15, 0.2) is 4.60 Å². The molecule has 20 heavy (non-hydrogen) atoms. The minimum atomic E-state index is -3.90. The first kappa shape index (κ1) is 14.3. The van der Waals surface area contributed by atoms with Gasteiger partial charge in [-0.15, -0.1) is 5.10 Å². The topological polar surface area (TPSA) is 127 Å². The Morgan fingerprint density at radius 2 is 2.20 bits per heavy atom. The Labute approximate surface area is 123 Å². The highest BCUT2D eigenvalue weighted by Gasteiger charge is 2.24. The molecule has 0 aliphatic carbocycles. The van der Waals surface area contributed by atoms with Gasteiger partial charge < -0.3 is 5.73 Å². The average molecular weight is 357 g/mol. The van der Waals surface area contributed by atoms with Crippen molar-refractivity contribution >= 4 is 37.3 Å². The number of nitrogen functional groups attached to an aromatic ring is 1. The largest absolute Gasteiger partial charge is 0.397 e. The molecule has 0 spiro atoms. The summed E-state index contributed by atoms with van der Waals surface area (Å²) in [4.78, 5) is 0. The molecule has 0 saturated carbocycles. The summed E-state index contributed by atoms with van der Waals surface area (Å²) in [7, 11) is -2.44. The maximum absolute atomic E-state index is 12.2. The molecule has 104 valence electrons. The predicted octanol–water partition coefficient (Wildman–Crippen LogP) is 0.832. The first-order chi connectivity index (χ1) is 9.35. The zero-order chi connectivity index (χ0) is 14.9. The monoisotopic (exact) mass is 356 g/mol. The lowest BCUT2D eigenvalue weighted by Gasteiger charge is -2.10. The van der Waals surface area contributed by atoms with E-state index in [1.54, 1.807) is 0 Å². The number of aromatic nitrogens is 3. The van der Waals surface area contributed by atoms with Crippen LogP contribution in [-0.4, -0.2) is 23.4 Å². The lowest BCUT2D eigenvalue weighted by molar-refractivity contribution is 0.578. The molecule has 0 aliphatic heterocycles. The number of anilines is 2. The van der Waals surface area contributed by atoms with E-state index in [0.717, 1.165) is 4.68 Å². The first-order valence-corrected chi connectivity index (χ1v) is 7.50. The molecule has 1 aromatic carbocycles. The predicted molar refractivity (Wildman–Crippen MR) is 75.1 cm³/mol. The van der Waals surface area contributed by atoms with Gasteiger partial charge in [0.25, 0.3) is 10.0 Å². The van der Waals surface area contributed by atoms with E-state index in [0.29, 0.717) is 5.56 Å². The quantitative estimate of drug-likeness (QED) is 0.784. The van der Waals surface area contributed by atoms with Crippen molar-refractivity contribution < 1.29 is 8.42 Å². The van der Waals surface area contributed by atoms with Crippen molar-refractivity contribution in [3.8, 4) is 6.07 Å². The van der Waals surface area contributed by atoms with E-state index in [4.69, 9.17) is 11.0 Å². The van der Waals surface area contributed by atoms with Crippen LogP contribution >= 0.6 is 15.9 Å². The molecule has 2 rings (SSSR count). The zero-order valence-electron chi connectivity index (χ0n) is 10.2. The summed E-state index contributed by atoms with van der Waals surface area (Å²) in [6.45, 7) is 0. The minimum Gasteiger partial charge on any atom is -0.397 e. The fourth-order valence-corrected chi connectivity index (χ4v) is 3.71. The summed E-state index contributed by atoms with van der Waals surface area (Å²) in [5.74, 6) is 0. The third-order valence-electron chi connectivity index (χ3n) is 2.42. The molecular weight excluding hydrogens is 348 g/mol. The van der Waals surface area contributed by atoms with E-state index in [-0.39, 0.29) is 21.0 Å². The Hall–Kier alpha value is -2.12. The molecule has 3 N–H and O–H groups in total. The van der Waals surface area contributed by atoms with Gasteiger partial charge >= 0.3 is 0 Å². The molecular formula is C10H9BrN6O2S. The Morgan fingerprint density at radius 1 is 1.50 bits per heavy atom.